The molecule has 0 radical (unpaired) electrons. The summed E-state index contributed by atoms with van der Waals surface area (Å²) in [6, 6.07) is 29.0. The van der Waals surface area contributed by atoms with E-state index in [9.17, 15) is 29.1 Å². The summed E-state index contributed by atoms with van der Waals surface area (Å²) >= 11 is 0. The molecular weight excluding hydrogens is 586 g/mol. The summed E-state index contributed by atoms with van der Waals surface area (Å²) in [5.41, 5.74) is 1.81. The van der Waals surface area contributed by atoms with E-state index in [1.165, 1.54) is 25.1 Å². The van der Waals surface area contributed by atoms with Crippen LogP contribution in [-0.2, 0) is 4.79 Å². The fourth-order valence-electron chi connectivity index (χ4n) is 4.58. The first kappa shape index (κ1) is 31.3. The average molecular weight is 616 g/mol. The van der Waals surface area contributed by atoms with Gasteiger partial charge in [0.2, 0.25) is 0 Å². The van der Waals surface area contributed by atoms with Gasteiger partial charge in [0.05, 0.1) is 6.42 Å². The van der Waals surface area contributed by atoms with Crippen molar-refractivity contribution in [3.8, 4) is 17.2 Å². The van der Waals surface area contributed by atoms with Crippen molar-refractivity contribution >= 4 is 45.5 Å². The van der Waals surface area contributed by atoms with Gasteiger partial charge in [-0.15, -0.1) is 0 Å². The number of phenolic OH excluding ortho intramolecular Hbond substituents is 1. The number of ether oxygens (including phenoxy) is 2. The van der Waals surface area contributed by atoms with Crippen LogP contribution in [0.5, 0.6) is 17.2 Å². The zero-order chi connectivity index (χ0) is 32.6. The molecule has 0 saturated carbocycles. The second-order valence-corrected chi connectivity index (χ2v) is 10.6. The number of phenols is 1. The van der Waals surface area contributed by atoms with Crippen LogP contribution in [0.1, 0.15) is 54.8 Å². The molecule has 0 aliphatic rings. The highest BCUT2D eigenvalue weighted by Crippen LogP contribution is 2.23. The first-order valence-corrected chi connectivity index (χ1v) is 14.3. The molecule has 1 amide bonds. The molecule has 0 heterocycles. The smallest absolute Gasteiger partial charge is 0.255 e. The first-order valence-electron chi connectivity index (χ1n) is 14.3. The molecule has 46 heavy (non-hydrogen) atoms. The van der Waals surface area contributed by atoms with Gasteiger partial charge in [-0.05, 0) is 96.6 Å². The quantitative estimate of drug-likeness (QED) is 0.113. The number of carbonyl (C=O) groups is 5. The molecule has 5 aromatic rings. The van der Waals surface area contributed by atoms with Crippen molar-refractivity contribution in [3.05, 3.63) is 131 Å². The summed E-state index contributed by atoms with van der Waals surface area (Å²) in [5, 5.41) is 14.1. The van der Waals surface area contributed by atoms with E-state index in [1.54, 1.807) is 91.0 Å². The maximum atomic E-state index is 12.8. The van der Waals surface area contributed by atoms with Crippen molar-refractivity contribution < 1.29 is 38.6 Å². The second kappa shape index (κ2) is 14.1. The maximum absolute atomic E-state index is 12.8. The molecule has 9 heteroatoms. The molecule has 0 bridgehead atoms. The largest absolute Gasteiger partial charge is 0.508 e. The topological polar surface area (TPSA) is 136 Å². The Bertz CT molecular complexity index is 1950. The molecule has 9 nitrogen and oxygen atoms in total. The van der Waals surface area contributed by atoms with E-state index in [0.717, 1.165) is 10.8 Å². The number of carbonyl (C=O) groups excluding carboxylic acids is 5. The van der Waals surface area contributed by atoms with Gasteiger partial charge in [0.15, 0.2) is 29.7 Å². The van der Waals surface area contributed by atoms with Crippen LogP contribution in [0.15, 0.2) is 109 Å². The van der Waals surface area contributed by atoms with Crippen molar-refractivity contribution in [2.24, 2.45) is 0 Å². The van der Waals surface area contributed by atoms with Crippen LogP contribution in [0, 0.1) is 0 Å². The van der Waals surface area contributed by atoms with Crippen LogP contribution in [0.25, 0.3) is 10.8 Å². The molecule has 0 fully saturated rings. The molecule has 5 rings (SSSR count). The molecule has 0 atom stereocenters. The molecule has 0 aliphatic heterocycles. The van der Waals surface area contributed by atoms with Gasteiger partial charge in [-0.2, -0.15) is 0 Å². The second-order valence-electron chi connectivity index (χ2n) is 10.6. The van der Waals surface area contributed by atoms with Crippen LogP contribution >= 0.6 is 0 Å². The lowest BCUT2D eigenvalue weighted by atomic mass is 9.99. The number of nitrogens with one attached hydrogen (secondary N) is 1. The summed E-state index contributed by atoms with van der Waals surface area (Å²) in [6.45, 7) is 1.05. The minimum Gasteiger partial charge on any atom is -0.508 e. The Morgan fingerprint density at radius 2 is 1.15 bits per heavy atom. The number of hydrogen-bond donors (Lipinski definition) is 2. The third-order valence-electron chi connectivity index (χ3n) is 7.01. The number of rotatable bonds is 13. The molecule has 0 saturated heterocycles. The Balaban J connectivity index is 1.13. The summed E-state index contributed by atoms with van der Waals surface area (Å²) < 4.78 is 10.9. The fraction of sp³-hybridized carbons (Fsp3) is 0.108. The number of benzene rings is 5. The fourth-order valence-corrected chi connectivity index (χ4v) is 4.58. The van der Waals surface area contributed by atoms with E-state index in [-0.39, 0.29) is 59.8 Å². The Labute approximate surface area is 264 Å². The standard InChI is InChI=1S/C37H29NO8/c1-23(39)21-45-32-13-8-24(9-14-32)34(41)20-35(42)27-3-2-4-28(18-27)36(43)22-46-33-15-10-30(11-16-33)38-37(44)29-6-5-26-19-31(40)12-7-25(26)17-29/h2-19,40H,20-22H2,1H3,(H,38,44). The highest BCUT2D eigenvalue weighted by atomic mass is 16.5. The predicted octanol–water partition coefficient (Wildman–Crippen LogP) is 6.48. The van der Waals surface area contributed by atoms with Crippen molar-refractivity contribution in [3.63, 3.8) is 0 Å². The van der Waals surface area contributed by atoms with E-state index < -0.39 is 5.78 Å². The van der Waals surface area contributed by atoms with Gasteiger partial charge in [0, 0.05) is 27.9 Å². The van der Waals surface area contributed by atoms with E-state index in [4.69, 9.17) is 9.47 Å². The van der Waals surface area contributed by atoms with E-state index >= 15 is 0 Å². The molecule has 2 N–H and O–H groups in total. The number of aromatic hydroxyl groups is 1. The number of anilines is 1. The van der Waals surface area contributed by atoms with Crippen LogP contribution in [-0.4, -0.2) is 47.4 Å². The number of ketones is 4. The van der Waals surface area contributed by atoms with Gasteiger partial charge in [0.1, 0.15) is 23.9 Å². The van der Waals surface area contributed by atoms with Crippen molar-refractivity contribution in [2.75, 3.05) is 18.5 Å². The van der Waals surface area contributed by atoms with Gasteiger partial charge in [-0.3, -0.25) is 24.0 Å². The highest BCUT2D eigenvalue weighted by Gasteiger charge is 2.16. The first-order chi connectivity index (χ1) is 22.1. The van der Waals surface area contributed by atoms with Crippen molar-refractivity contribution in [1.29, 1.82) is 0 Å². The third kappa shape index (κ3) is 8.09. The van der Waals surface area contributed by atoms with Gasteiger partial charge in [-0.1, -0.05) is 30.3 Å². The zero-order valence-electron chi connectivity index (χ0n) is 24.8. The maximum Gasteiger partial charge on any atom is 0.255 e. The van der Waals surface area contributed by atoms with Crippen LogP contribution in [0.4, 0.5) is 5.69 Å². The Morgan fingerprint density at radius 3 is 1.85 bits per heavy atom. The SMILES string of the molecule is CC(=O)COc1ccc(C(=O)CC(=O)c2cccc(C(=O)COc3ccc(NC(=O)c4ccc5cc(O)ccc5c4)cc3)c2)cc1. The lowest BCUT2D eigenvalue weighted by Gasteiger charge is -2.09. The van der Waals surface area contributed by atoms with Crippen LogP contribution in [0.2, 0.25) is 0 Å². The normalized spacial score (nSPS) is 10.6. The molecule has 0 aliphatic carbocycles. The third-order valence-corrected chi connectivity index (χ3v) is 7.01. The van der Waals surface area contributed by atoms with Crippen molar-refractivity contribution in [1.82, 2.24) is 0 Å². The zero-order valence-corrected chi connectivity index (χ0v) is 24.8. The van der Waals surface area contributed by atoms with Crippen molar-refractivity contribution in [2.45, 2.75) is 13.3 Å². The van der Waals surface area contributed by atoms with Crippen LogP contribution in [0.3, 0.4) is 0 Å². The van der Waals surface area contributed by atoms with Gasteiger partial charge < -0.3 is 19.9 Å². The minimum atomic E-state index is -0.432. The lowest BCUT2D eigenvalue weighted by Crippen LogP contribution is -2.14. The summed E-state index contributed by atoms with van der Waals surface area (Å²) in [6.07, 6.45) is -0.379. The molecule has 230 valence electrons. The number of fused-ring (bicyclic) bond motifs is 1. The average Bonchev–Trinajstić information content (AvgIpc) is 3.06. The molecule has 0 aromatic heterocycles. The minimum absolute atomic E-state index is 0.0696. The van der Waals surface area contributed by atoms with E-state index in [1.807, 2.05) is 0 Å². The van der Waals surface area contributed by atoms with Gasteiger partial charge >= 0.3 is 0 Å². The summed E-state index contributed by atoms with van der Waals surface area (Å²) in [7, 11) is 0. The van der Waals surface area contributed by atoms with E-state index in [0.29, 0.717) is 28.3 Å². The van der Waals surface area contributed by atoms with Gasteiger partial charge in [0.25, 0.3) is 5.91 Å². The number of Topliss-reactive ketones (excluding diaryl/α,β-unsaturated/α-hetero) is 4. The lowest BCUT2D eigenvalue weighted by molar-refractivity contribution is -0.118. The molecule has 0 unspecified atom stereocenters. The summed E-state index contributed by atoms with van der Waals surface area (Å²) in [4.78, 5) is 62.1. The molecule has 0 spiro atoms. The Morgan fingerprint density at radius 1 is 0.587 bits per heavy atom. The molecular formula is C37H29NO8. The summed E-state index contributed by atoms with van der Waals surface area (Å²) in [5.74, 6) is -0.605. The predicted molar refractivity (Wildman–Crippen MR) is 172 cm³/mol. The Hall–Kier alpha value is -6.09. The van der Waals surface area contributed by atoms with Gasteiger partial charge in [-0.25, -0.2) is 0 Å². The molecule has 5 aromatic carbocycles. The highest BCUT2D eigenvalue weighted by molar-refractivity contribution is 6.14. The number of amides is 1. The number of hydrogen-bond acceptors (Lipinski definition) is 8. The van der Waals surface area contributed by atoms with E-state index in [2.05, 4.69) is 5.32 Å². The van der Waals surface area contributed by atoms with Crippen LogP contribution < -0.4 is 14.8 Å². The Kier molecular flexibility index (Phi) is 9.63. The monoisotopic (exact) mass is 615 g/mol.